The first-order valence-electron chi connectivity index (χ1n) is 8.27. The van der Waals surface area contributed by atoms with Crippen molar-refractivity contribution in [2.24, 2.45) is 5.10 Å². The average molecular weight is 340 g/mol. The molecule has 24 heavy (non-hydrogen) atoms. The Kier molecular flexibility index (Phi) is 6.05. The van der Waals surface area contributed by atoms with Crippen molar-refractivity contribution in [2.45, 2.75) is 6.54 Å². The predicted molar refractivity (Wildman–Crippen MR) is 102 cm³/mol. The van der Waals surface area contributed by atoms with Crippen LogP contribution in [0.4, 0.5) is 0 Å². The van der Waals surface area contributed by atoms with Gasteiger partial charge in [-0.15, -0.1) is 0 Å². The Labute approximate surface area is 148 Å². The Morgan fingerprint density at radius 1 is 0.917 bits per heavy atom. The molecule has 1 fully saturated rings. The SMILES string of the molecule is Clc1ccc(CN2CCN(/N=C/C=C/c3ccccc3)CC2)cc1. The third-order valence-electron chi connectivity index (χ3n) is 4.07. The minimum Gasteiger partial charge on any atom is -0.295 e. The Morgan fingerprint density at radius 3 is 2.33 bits per heavy atom. The van der Waals surface area contributed by atoms with E-state index in [1.807, 2.05) is 42.6 Å². The van der Waals surface area contributed by atoms with E-state index in [1.165, 1.54) is 11.1 Å². The summed E-state index contributed by atoms with van der Waals surface area (Å²) in [4.78, 5) is 2.45. The third kappa shape index (κ3) is 5.22. The van der Waals surface area contributed by atoms with Crippen LogP contribution >= 0.6 is 11.6 Å². The monoisotopic (exact) mass is 339 g/mol. The second-order valence-electron chi connectivity index (χ2n) is 5.89. The van der Waals surface area contributed by atoms with E-state index in [4.69, 9.17) is 11.6 Å². The Bertz CT molecular complexity index is 672. The molecule has 0 aromatic heterocycles. The molecule has 3 rings (SSSR count). The van der Waals surface area contributed by atoms with E-state index in [0.29, 0.717) is 0 Å². The molecule has 124 valence electrons. The van der Waals surface area contributed by atoms with Gasteiger partial charge in [0.15, 0.2) is 0 Å². The molecule has 2 aromatic rings. The number of allylic oxidation sites excluding steroid dienone is 1. The third-order valence-corrected chi connectivity index (χ3v) is 4.32. The summed E-state index contributed by atoms with van der Waals surface area (Å²) in [5.41, 5.74) is 2.50. The van der Waals surface area contributed by atoms with Crippen molar-refractivity contribution in [3.63, 3.8) is 0 Å². The van der Waals surface area contributed by atoms with Gasteiger partial charge in [-0.3, -0.25) is 9.91 Å². The maximum atomic E-state index is 5.93. The number of hydrogen-bond donors (Lipinski definition) is 0. The second kappa shape index (κ2) is 8.67. The molecule has 0 unspecified atom stereocenters. The Hall–Kier alpha value is -2.10. The minimum absolute atomic E-state index is 0.793. The van der Waals surface area contributed by atoms with E-state index in [2.05, 4.69) is 45.4 Å². The molecule has 0 atom stereocenters. The van der Waals surface area contributed by atoms with Gasteiger partial charge in [0.1, 0.15) is 0 Å². The molecule has 2 aromatic carbocycles. The van der Waals surface area contributed by atoms with Crippen molar-refractivity contribution in [1.82, 2.24) is 9.91 Å². The van der Waals surface area contributed by atoms with Gasteiger partial charge in [0.05, 0.1) is 0 Å². The largest absolute Gasteiger partial charge is 0.295 e. The molecule has 0 radical (unpaired) electrons. The van der Waals surface area contributed by atoms with E-state index in [1.54, 1.807) is 0 Å². The van der Waals surface area contributed by atoms with Crippen molar-refractivity contribution in [1.29, 1.82) is 0 Å². The molecule has 3 nitrogen and oxygen atoms in total. The van der Waals surface area contributed by atoms with Gasteiger partial charge in [0.25, 0.3) is 0 Å². The first kappa shape index (κ1) is 16.7. The summed E-state index contributed by atoms with van der Waals surface area (Å²) in [5.74, 6) is 0. The smallest absolute Gasteiger partial charge is 0.0488 e. The lowest BCUT2D eigenvalue weighted by Gasteiger charge is -2.32. The number of hydrogen-bond acceptors (Lipinski definition) is 3. The summed E-state index contributed by atoms with van der Waals surface area (Å²) in [6, 6.07) is 18.4. The minimum atomic E-state index is 0.793. The van der Waals surface area contributed by atoms with Crippen LogP contribution in [0.2, 0.25) is 5.02 Å². The molecular formula is C20H22ClN3. The van der Waals surface area contributed by atoms with Crippen molar-refractivity contribution < 1.29 is 0 Å². The number of benzene rings is 2. The molecule has 0 aliphatic carbocycles. The highest BCUT2D eigenvalue weighted by Gasteiger charge is 2.15. The van der Waals surface area contributed by atoms with Gasteiger partial charge in [0, 0.05) is 44.0 Å². The molecule has 1 aliphatic rings. The van der Waals surface area contributed by atoms with E-state index in [0.717, 1.165) is 37.7 Å². The molecular weight excluding hydrogens is 318 g/mol. The molecule has 1 heterocycles. The molecule has 0 amide bonds. The summed E-state index contributed by atoms with van der Waals surface area (Å²) >= 11 is 5.93. The zero-order chi connectivity index (χ0) is 16.6. The Morgan fingerprint density at radius 2 is 1.62 bits per heavy atom. The van der Waals surface area contributed by atoms with E-state index in [9.17, 15) is 0 Å². The molecule has 0 bridgehead atoms. The van der Waals surface area contributed by atoms with Gasteiger partial charge in [-0.05, 0) is 29.3 Å². The average Bonchev–Trinajstić information content (AvgIpc) is 2.63. The van der Waals surface area contributed by atoms with Crippen LogP contribution in [-0.2, 0) is 6.54 Å². The number of piperazine rings is 1. The summed E-state index contributed by atoms with van der Waals surface area (Å²) in [6.07, 6.45) is 5.94. The molecule has 1 saturated heterocycles. The van der Waals surface area contributed by atoms with Crippen LogP contribution in [0.25, 0.3) is 6.08 Å². The molecule has 1 aliphatic heterocycles. The number of rotatable bonds is 5. The second-order valence-corrected chi connectivity index (χ2v) is 6.33. The summed E-state index contributed by atoms with van der Waals surface area (Å²) in [7, 11) is 0. The lowest BCUT2D eigenvalue weighted by molar-refractivity contribution is 0.131. The van der Waals surface area contributed by atoms with Gasteiger partial charge in [-0.2, -0.15) is 5.10 Å². The number of hydrazone groups is 1. The number of halogens is 1. The Balaban J connectivity index is 1.42. The van der Waals surface area contributed by atoms with E-state index >= 15 is 0 Å². The fraction of sp³-hybridized carbons (Fsp3) is 0.250. The first-order valence-corrected chi connectivity index (χ1v) is 8.65. The quantitative estimate of drug-likeness (QED) is 0.762. The lowest BCUT2D eigenvalue weighted by atomic mass is 10.2. The van der Waals surface area contributed by atoms with Gasteiger partial charge in [0.2, 0.25) is 0 Å². The van der Waals surface area contributed by atoms with Gasteiger partial charge < -0.3 is 0 Å². The van der Waals surface area contributed by atoms with Crippen LogP contribution < -0.4 is 0 Å². The molecule has 4 heteroatoms. The fourth-order valence-corrected chi connectivity index (χ4v) is 2.84. The first-order chi connectivity index (χ1) is 11.8. The molecule has 0 saturated carbocycles. The van der Waals surface area contributed by atoms with Crippen LogP contribution in [0.3, 0.4) is 0 Å². The summed E-state index contributed by atoms with van der Waals surface area (Å²) in [5, 5.41) is 7.45. The number of nitrogens with zero attached hydrogens (tertiary/aromatic N) is 3. The summed E-state index contributed by atoms with van der Waals surface area (Å²) < 4.78 is 0. The fourth-order valence-electron chi connectivity index (χ4n) is 2.71. The maximum Gasteiger partial charge on any atom is 0.0488 e. The van der Waals surface area contributed by atoms with Gasteiger partial charge in [-0.1, -0.05) is 60.1 Å². The van der Waals surface area contributed by atoms with Crippen LogP contribution in [-0.4, -0.2) is 42.3 Å². The van der Waals surface area contributed by atoms with Crippen LogP contribution in [0, 0.1) is 0 Å². The highest BCUT2D eigenvalue weighted by Crippen LogP contribution is 2.13. The predicted octanol–water partition coefficient (Wildman–Crippen LogP) is 4.16. The molecule has 0 spiro atoms. The van der Waals surface area contributed by atoms with Crippen molar-refractivity contribution >= 4 is 23.9 Å². The highest BCUT2D eigenvalue weighted by molar-refractivity contribution is 6.30. The highest BCUT2D eigenvalue weighted by atomic mass is 35.5. The summed E-state index contributed by atoms with van der Waals surface area (Å²) in [6.45, 7) is 4.96. The zero-order valence-corrected chi connectivity index (χ0v) is 14.4. The van der Waals surface area contributed by atoms with E-state index < -0.39 is 0 Å². The maximum absolute atomic E-state index is 5.93. The van der Waals surface area contributed by atoms with Crippen molar-refractivity contribution in [2.75, 3.05) is 26.2 Å². The molecule has 0 N–H and O–H groups in total. The van der Waals surface area contributed by atoms with Crippen LogP contribution in [0.15, 0.2) is 65.8 Å². The standard InChI is InChI=1S/C20H22ClN3/c21-20-10-8-19(9-11-20)17-23-13-15-24(16-14-23)22-12-4-7-18-5-2-1-3-6-18/h1-12H,13-17H2/b7-4+,22-12+. The van der Waals surface area contributed by atoms with E-state index in [-0.39, 0.29) is 0 Å². The lowest BCUT2D eigenvalue weighted by Crippen LogP contribution is -2.43. The van der Waals surface area contributed by atoms with Crippen LogP contribution in [0.1, 0.15) is 11.1 Å². The normalized spacial score (nSPS) is 16.3. The van der Waals surface area contributed by atoms with Gasteiger partial charge in [-0.25, -0.2) is 0 Å². The van der Waals surface area contributed by atoms with Crippen molar-refractivity contribution in [3.05, 3.63) is 76.8 Å². The van der Waals surface area contributed by atoms with Crippen molar-refractivity contribution in [3.8, 4) is 0 Å². The van der Waals surface area contributed by atoms with Gasteiger partial charge >= 0.3 is 0 Å². The topological polar surface area (TPSA) is 18.8 Å². The zero-order valence-electron chi connectivity index (χ0n) is 13.7. The van der Waals surface area contributed by atoms with Crippen LogP contribution in [0.5, 0.6) is 0 Å².